The van der Waals surface area contributed by atoms with Crippen molar-refractivity contribution in [2.45, 2.75) is 294 Å². The number of hydrogen-bond acceptors (Lipinski definition) is 10. The van der Waals surface area contributed by atoms with Crippen molar-refractivity contribution in [3.63, 3.8) is 0 Å². The fraction of sp³-hybridized carbons (Fsp3) is 0.873. The Morgan fingerprint density at radius 2 is 0.909 bits per heavy atom. The summed E-state index contributed by atoms with van der Waals surface area (Å²) < 4.78 is 11.1. The number of amides is 1. The number of aliphatic hydroxyl groups is 7. The lowest BCUT2D eigenvalue weighted by atomic mass is 9.98. The van der Waals surface area contributed by atoms with Crippen LogP contribution in [0.3, 0.4) is 0 Å². The van der Waals surface area contributed by atoms with Crippen LogP contribution in [0.15, 0.2) is 36.5 Å². The molecule has 0 aromatic carbocycles. The Kier molecular flexibility index (Phi) is 42.1. The first-order chi connectivity index (χ1) is 32.2. The number of unbranched alkanes of at least 4 members (excludes halogenated alkanes) is 28. The van der Waals surface area contributed by atoms with Crippen LogP contribution in [-0.4, -0.2) is 110 Å². The maximum Gasteiger partial charge on any atom is 0.249 e. The highest BCUT2D eigenvalue weighted by Gasteiger charge is 2.44. The van der Waals surface area contributed by atoms with Crippen molar-refractivity contribution in [3.05, 3.63) is 36.5 Å². The summed E-state index contributed by atoms with van der Waals surface area (Å²) in [6.07, 6.45) is 42.5. The predicted molar refractivity (Wildman–Crippen MR) is 270 cm³/mol. The summed E-state index contributed by atoms with van der Waals surface area (Å²) in [5, 5.41) is 75.6. The van der Waals surface area contributed by atoms with Crippen LogP contribution in [-0.2, 0) is 14.3 Å². The van der Waals surface area contributed by atoms with E-state index in [0.717, 1.165) is 44.9 Å². The standard InChI is InChI=1S/C55H103NO10/c1-3-5-7-9-11-13-14-15-16-17-18-19-20-21-22-23-24-25-26-27-28-29-30-31-32-33-34-35-37-38-40-42-47(58)50(60)46(45-65-55-53(63)52(62)51(61)49(44-57)66-55)56-54(64)48(59)43-41-39-36-12-10-8-6-4-2/h27-28,31-32,35,37,46-53,55,57-63H,3-26,29-30,33-34,36,38-45H2,1-2H3,(H,56,64)/b28-27+,32-31+,37-35+. The molecule has 0 saturated carbocycles. The third-order valence-electron chi connectivity index (χ3n) is 13.2. The Labute approximate surface area is 403 Å². The molecule has 1 heterocycles. The molecule has 0 spiro atoms. The molecule has 0 radical (unpaired) electrons. The Morgan fingerprint density at radius 3 is 1.35 bits per heavy atom. The highest BCUT2D eigenvalue weighted by Crippen LogP contribution is 2.23. The Balaban J connectivity index is 2.25. The molecular weight excluding hydrogens is 835 g/mol. The van der Waals surface area contributed by atoms with E-state index in [1.54, 1.807) is 0 Å². The molecular formula is C55H103NO10. The highest BCUT2D eigenvalue weighted by molar-refractivity contribution is 5.80. The molecule has 0 bridgehead atoms. The lowest BCUT2D eigenvalue weighted by molar-refractivity contribution is -0.303. The summed E-state index contributed by atoms with van der Waals surface area (Å²) in [7, 11) is 0. The van der Waals surface area contributed by atoms with Crippen LogP contribution >= 0.6 is 0 Å². The highest BCUT2D eigenvalue weighted by atomic mass is 16.7. The van der Waals surface area contributed by atoms with Gasteiger partial charge in [-0.25, -0.2) is 0 Å². The van der Waals surface area contributed by atoms with Gasteiger partial charge in [0.15, 0.2) is 6.29 Å². The predicted octanol–water partition coefficient (Wildman–Crippen LogP) is 10.7. The van der Waals surface area contributed by atoms with Crippen molar-refractivity contribution in [1.82, 2.24) is 5.32 Å². The fourth-order valence-corrected chi connectivity index (χ4v) is 8.65. The average Bonchev–Trinajstić information content (AvgIpc) is 3.32. The average molecular weight is 938 g/mol. The number of rotatable bonds is 46. The van der Waals surface area contributed by atoms with Crippen LogP contribution in [0.5, 0.6) is 0 Å². The van der Waals surface area contributed by atoms with Crippen molar-refractivity contribution in [2.24, 2.45) is 0 Å². The summed E-state index contributed by atoms with van der Waals surface area (Å²) in [4.78, 5) is 13.0. The maximum absolute atomic E-state index is 13.0. The van der Waals surface area contributed by atoms with E-state index in [4.69, 9.17) is 9.47 Å². The van der Waals surface area contributed by atoms with E-state index < -0.39 is 74.2 Å². The number of hydrogen-bond donors (Lipinski definition) is 8. The van der Waals surface area contributed by atoms with Gasteiger partial charge >= 0.3 is 0 Å². The zero-order valence-electron chi connectivity index (χ0n) is 42.2. The molecule has 11 nitrogen and oxygen atoms in total. The van der Waals surface area contributed by atoms with E-state index >= 15 is 0 Å². The third-order valence-corrected chi connectivity index (χ3v) is 13.2. The second kappa shape index (κ2) is 44.5. The SMILES string of the molecule is CCCCCCCCCCCCCCCCCCCC/C=C/CC/C=C/CC/C=C/CCCC(O)C(O)C(COC1OC(CO)C(O)C(O)C1O)NC(=O)C(O)CCCCCCCCCC. The van der Waals surface area contributed by atoms with Gasteiger partial charge in [-0.05, 0) is 64.2 Å². The lowest BCUT2D eigenvalue weighted by Gasteiger charge is -2.40. The molecule has 1 fully saturated rings. The van der Waals surface area contributed by atoms with Crippen molar-refractivity contribution in [2.75, 3.05) is 13.2 Å². The topological polar surface area (TPSA) is 189 Å². The lowest BCUT2D eigenvalue weighted by Crippen LogP contribution is -2.60. The van der Waals surface area contributed by atoms with Gasteiger partial charge in [-0.1, -0.05) is 211 Å². The number of ether oxygens (including phenoxy) is 2. The Morgan fingerprint density at radius 1 is 0.515 bits per heavy atom. The smallest absolute Gasteiger partial charge is 0.249 e. The summed E-state index contributed by atoms with van der Waals surface area (Å²) in [6, 6.07) is -1.19. The Hall–Kier alpha value is -1.67. The van der Waals surface area contributed by atoms with Crippen LogP contribution in [0.25, 0.3) is 0 Å². The minimum atomic E-state index is -1.67. The monoisotopic (exact) mass is 938 g/mol. The summed E-state index contributed by atoms with van der Waals surface area (Å²) in [6.45, 7) is 3.38. The van der Waals surface area contributed by atoms with Crippen molar-refractivity contribution < 1.29 is 50.0 Å². The van der Waals surface area contributed by atoms with E-state index in [-0.39, 0.29) is 12.8 Å². The summed E-state index contributed by atoms with van der Waals surface area (Å²) >= 11 is 0. The first-order valence-electron chi connectivity index (χ1n) is 27.4. The van der Waals surface area contributed by atoms with E-state index in [2.05, 4.69) is 55.6 Å². The largest absolute Gasteiger partial charge is 0.394 e. The van der Waals surface area contributed by atoms with Gasteiger partial charge in [-0.15, -0.1) is 0 Å². The van der Waals surface area contributed by atoms with Crippen LogP contribution in [0.2, 0.25) is 0 Å². The molecule has 11 heteroatoms. The molecule has 1 aliphatic heterocycles. The van der Waals surface area contributed by atoms with Gasteiger partial charge in [-0.3, -0.25) is 4.79 Å². The molecule has 9 unspecified atom stereocenters. The number of aliphatic hydroxyl groups excluding tert-OH is 7. The zero-order chi connectivity index (χ0) is 48.3. The number of nitrogens with one attached hydrogen (secondary N) is 1. The number of carbonyl (C=O) groups excluding carboxylic acids is 1. The van der Waals surface area contributed by atoms with Crippen molar-refractivity contribution in [1.29, 1.82) is 0 Å². The van der Waals surface area contributed by atoms with E-state index in [1.165, 1.54) is 148 Å². The molecule has 0 aromatic rings. The third kappa shape index (κ3) is 33.0. The molecule has 388 valence electrons. The van der Waals surface area contributed by atoms with E-state index in [9.17, 15) is 40.5 Å². The quantitative estimate of drug-likeness (QED) is 0.0215. The molecule has 9 atom stereocenters. The van der Waals surface area contributed by atoms with Crippen molar-refractivity contribution in [3.8, 4) is 0 Å². The van der Waals surface area contributed by atoms with Crippen LogP contribution in [0, 0.1) is 0 Å². The second-order valence-corrected chi connectivity index (χ2v) is 19.3. The first kappa shape index (κ1) is 62.3. The van der Waals surface area contributed by atoms with E-state index in [1.807, 2.05) is 0 Å². The molecule has 66 heavy (non-hydrogen) atoms. The van der Waals surface area contributed by atoms with Crippen LogP contribution in [0.4, 0.5) is 0 Å². The molecule has 1 amide bonds. The van der Waals surface area contributed by atoms with Crippen LogP contribution < -0.4 is 5.32 Å². The zero-order valence-corrected chi connectivity index (χ0v) is 42.2. The van der Waals surface area contributed by atoms with Gasteiger partial charge in [-0.2, -0.15) is 0 Å². The Bertz CT molecular complexity index is 1170. The summed E-state index contributed by atoms with van der Waals surface area (Å²) in [5.74, 6) is -0.717. The second-order valence-electron chi connectivity index (χ2n) is 19.3. The molecule has 0 aromatic heterocycles. The van der Waals surface area contributed by atoms with Crippen molar-refractivity contribution >= 4 is 5.91 Å². The van der Waals surface area contributed by atoms with Gasteiger partial charge in [0, 0.05) is 0 Å². The molecule has 0 aliphatic carbocycles. The fourth-order valence-electron chi connectivity index (χ4n) is 8.65. The van der Waals surface area contributed by atoms with Gasteiger partial charge in [0.05, 0.1) is 25.4 Å². The van der Waals surface area contributed by atoms with Gasteiger partial charge in [0.25, 0.3) is 0 Å². The number of allylic oxidation sites excluding steroid dienone is 6. The minimum Gasteiger partial charge on any atom is -0.394 e. The van der Waals surface area contributed by atoms with Gasteiger partial charge in [0.1, 0.15) is 36.6 Å². The molecule has 1 rings (SSSR count). The molecule has 1 saturated heterocycles. The minimum absolute atomic E-state index is 0.242. The molecule has 8 N–H and O–H groups in total. The number of carbonyl (C=O) groups is 1. The van der Waals surface area contributed by atoms with Gasteiger partial charge in [0.2, 0.25) is 5.91 Å². The van der Waals surface area contributed by atoms with Gasteiger partial charge < -0.3 is 50.5 Å². The van der Waals surface area contributed by atoms with E-state index in [0.29, 0.717) is 19.3 Å². The van der Waals surface area contributed by atoms with Crippen LogP contribution in [0.1, 0.15) is 239 Å². The summed E-state index contributed by atoms with van der Waals surface area (Å²) in [5.41, 5.74) is 0. The maximum atomic E-state index is 13.0. The molecule has 1 aliphatic rings. The normalized spacial score (nSPS) is 21.0. The first-order valence-corrected chi connectivity index (χ1v) is 27.4.